The zero-order valence-corrected chi connectivity index (χ0v) is 15.6. The van der Waals surface area contributed by atoms with Gasteiger partial charge in [0.05, 0.1) is 11.6 Å². The molecule has 3 aromatic rings. The molecule has 0 aromatic heterocycles. The van der Waals surface area contributed by atoms with E-state index in [1.807, 2.05) is 18.2 Å². The highest BCUT2D eigenvalue weighted by molar-refractivity contribution is 7.87. The first kappa shape index (κ1) is 18.7. The maximum absolute atomic E-state index is 12.5. The van der Waals surface area contributed by atoms with Crippen LogP contribution in [0.5, 0.6) is 5.75 Å². The van der Waals surface area contributed by atoms with Crippen molar-refractivity contribution >= 4 is 33.4 Å². The number of hydrogen-bond donors (Lipinski definition) is 0. The second kappa shape index (κ2) is 8.09. The molecular weight excluding hydrogens is 382 g/mol. The van der Waals surface area contributed by atoms with Crippen molar-refractivity contribution in [1.29, 1.82) is 5.26 Å². The molecule has 27 heavy (non-hydrogen) atoms. The Labute approximate surface area is 163 Å². The van der Waals surface area contributed by atoms with Gasteiger partial charge in [-0.2, -0.15) is 13.7 Å². The van der Waals surface area contributed by atoms with Crippen LogP contribution in [-0.4, -0.2) is 8.42 Å². The molecule has 0 fully saturated rings. The van der Waals surface area contributed by atoms with Crippen LogP contribution in [0.4, 0.5) is 0 Å². The van der Waals surface area contributed by atoms with Crippen molar-refractivity contribution in [3.05, 3.63) is 95.0 Å². The first-order chi connectivity index (χ1) is 13.0. The Kier molecular flexibility index (Phi) is 5.60. The van der Waals surface area contributed by atoms with Crippen LogP contribution in [0.1, 0.15) is 11.1 Å². The molecule has 0 atom stereocenters. The summed E-state index contributed by atoms with van der Waals surface area (Å²) in [5.74, 6) is 0.0898. The zero-order valence-electron chi connectivity index (χ0n) is 14.0. The van der Waals surface area contributed by atoms with Gasteiger partial charge >= 0.3 is 10.1 Å². The third kappa shape index (κ3) is 4.56. The fourth-order valence-corrected chi connectivity index (χ4v) is 3.57. The predicted octanol–water partition coefficient (Wildman–Crippen LogP) is 5.17. The van der Waals surface area contributed by atoms with Gasteiger partial charge in [-0.25, -0.2) is 0 Å². The van der Waals surface area contributed by atoms with Gasteiger partial charge in [-0.1, -0.05) is 60.1 Å². The van der Waals surface area contributed by atoms with Crippen molar-refractivity contribution in [2.24, 2.45) is 0 Å². The minimum Gasteiger partial charge on any atom is -0.378 e. The van der Waals surface area contributed by atoms with E-state index >= 15 is 0 Å². The number of hydrogen-bond acceptors (Lipinski definition) is 4. The van der Waals surface area contributed by atoms with Crippen molar-refractivity contribution in [3.8, 4) is 11.8 Å². The molecule has 0 heterocycles. The lowest BCUT2D eigenvalue weighted by Crippen LogP contribution is -2.10. The summed E-state index contributed by atoms with van der Waals surface area (Å²) in [6.45, 7) is 0. The summed E-state index contributed by atoms with van der Waals surface area (Å²) >= 11 is 6.06. The Morgan fingerprint density at radius 1 is 0.963 bits per heavy atom. The van der Waals surface area contributed by atoms with Crippen LogP contribution >= 0.6 is 11.6 Å². The quantitative estimate of drug-likeness (QED) is 0.339. The number of benzene rings is 3. The van der Waals surface area contributed by atoms with Crippen LogP contribution in [-0.2, 0) is 10.1 Å². The molecule has 0 aliphatic rings. The Morgan fingerprint density at radius 2 is 1.59 bits per heavy atom. The molecule has 3 aromatic carbocycles. The highest BCUT2D eigenvalue weighted by Crippen LogP contribution is 2.29. The molecule has 0 radical (unpaired) electrons. The number of allylic oxidation sites excluding steroid dienone is 1. The van der Waals surface area contributed by atoms with Gasteiger partial charge in [0.25, 0.3) is 0 Å². The Bertz CT molecular complexity index is 1120. The summed E-state index contributed by atoms with van der Waals surface area (Å²) in [4.78, 5) is 0.0402. The smallest absolute Gasteiger partial charge is 0.339 e. The summed E-state index contributed by atoms with van der Waals surface area (Å²) in [6.07, 6.45) is 1.55. The minimum absolute atomic E-state index is 0.0402. The van der Waals surface area contributed by atoms with Crippen LogP contribution < -0.4 is 4.18 Å². The normalized spacial score (nSPS) is 11.6. The highest BCUT2D eigenvalue weighted by atomic mass is 35.5. The highest BCUT2D eigenvalue weighted by Gasteiger charge is 2.18. The molecule has 0 amide bonds. The molecule has 0 N–H and O–H groups in total. The van der Waals surface area contributed by atoms with Crippen LogP contribution in [0.2, 0.25) is 5.02 Å². The van der Waals surface area contributed by atoms with E-state index in [1.54, 1.807) is 42.5 Å². The number of rotatable bonds is 5. The van der Waals surface area contributed by atoms with Crippen LogP contribution in [0.25, 0.3) is 11.6 Å². The van der Waals surface area contributed by atoms with Crippen molar-refractivity contribution in [2.45, 2.75) is 4.90 Å². The molecule has 0 aliphatic heterocycles. The Hall–Kier alpha value is -3.07. The van der Waals surface area contributed by atoms with Crippen LogP contribution in [0, 0.1) is 11.3 Å². The van der Waals surface area contributed by atoms with Gasteiger partial charge in [-0.15, -0.1) is 0 Å². The van der Waals surface area contributed by atoms with Crippen molar-refractivity contribution in [3.63, 3.8) is 0 Å². The predicted molar refractivity (Wildman–Crippen MR) is 106 cm³/mol. The van der Waals surface area contributed by atoms with E-state index in [2.05, 4.69) is 6.07 Å². The van der Waals surface area contributed by atoms with Crippen molar-refractivity contribution < 1.29 is 12.6 Å². The van der Waals surface area contributed by atoms with Crippen LogP contribution in [0.15, 0.2) is 83.8 Å². The lowest BCUT2D eigenvalue weighted by atomic mass is 10.0. The van der Waals surface area contributed by atoms with Gasteiger partial charge in [0, 0.05) is 10.6 Å². The van der Waals surface area contributed by atoms with Gasteiger partial charge in [-0.3, -0.25) is 0 Å². The molecule has 0 unspecified atom stereocenters. The lowest BCUT2D eigenvalue weighted by molar-refractivity contribution is 0.485. The molecule has 0 saturated heterocycles. The maximum atomic E-state index is 12.5. The Morgan fingerprint density at radius 3 is 2.22 bits per heavy atom. The number of nitrogens with zero attached hydrogens (tertiary/aromatic N) is 1. The molecular formula is C21H14ClNO3S. The molecule has 3 rings (SSSR count). The Balaban J connectivity index is 2.04. The van der Waals surface area contributed by atoms with Gasteiger partial charge in [0.15, 0.2) is 0 Å². The largest absolute Gasteiger partial charge is 0.378 e. The van der Waals surface area contributed by atoms with E-state index in [0.29, 0.717) is 21.7 Å². The molecule has 6 heteroatoms. The maximum Gasteiger partial charge on any atom is 0.339 e. The lowest BCUT2D eigenvalue weighted by Gasteiger charge is -2.10. The fourth-order valence-electron chi connectivity index (χ4n) is 2.41. The fraction of sp³-hybridized carbons (Fsp3) is 0. The standard InChI is InChI=1S/C21H14ClNO3S/c22-19-11-12-21(26-27(24,25)20-9-5-2-6-10-20)17(14-19)13-18(15-23)16-7-3-1-4-8-16/h1-14H/b18-13+. The second-order valence-electron chi connectivity index (χ2n) is 5.57. The SMILES string of the molecule is N#C/C(=C\c1cc(Cl)ccc1OS(=O)(=O)c1ccccc1)c1ccccc1. The van der Waals surface area contributed by atoms with E-state index in [1.165, 1.54) is 24.3 Å². The van der Waals surface area contributed by atoms with Gasteiger partial charge < -0.3 is 4.18 Å². The third-order valence-electron chi connectivity index (χ3n) is 3.71. The first-order valence-electron chi connectivity index (χ1n) is 7.96. The van der Waals surface area contributed by atoms with Crippen molar-refractivity contribution in [2.75, 3.05) is 0 Å². The molecule has 134 valence electrons. The molecule has 0 aliphatic carbocycles. The summed E-state index contributed by atoms with van der Waals surface area (Å²) in [5, 5.41) is 9.90. The second-order valence-corrected chi connectivity index (χ2v) is 7.55. The topological polar surface area (TPSA) is 67.2 Å². The monoisotopic (exact) mass is 395 g/mol. The molecule has 4 nitrogen and oxygen atoms in total. The zero-order chi connectivity index (χ0) is 19.3. The summed E-state index contributed by atoms with van der Waals surface area (Å²) in [6, 6.07) is 23.6. The van der Waals surface area contributed by atoms with E-state index in [9.17, 15) is 13.7 Å². The number of nitriles is 1. The minimum atomic E-state index is -4.01. The summed E-state index contributed by atoms with van der Waals surface area (Å²) < 4.78 is 30.4. The molecule has 0 saturated carbocycles. The van der Waals surface area contributed by atoms with E-state index in [4.69, 9.17) is 15.8 Å². The summed E-state index contributed by atoms with van der Waals surface area (Å²) in [5.41, 5.74) is 1.46. The number of halogens is 1. The van der Waals surface area contributed by atoms with E-state index in [0.717, 1.165) is 0 Å². The third-order valence-corrected chi connectivity index (χ3v) is 5.19. The van der Waals surface area contributed by atoms with Crippen molar-refractivity contribution in [1.82, 2.24) is 0 Å². The summed E-state index contributed by atoms with van der Waals surface area (Å²) in [7, 11) is -4.01. The molecule has 0 spiro atoms. The van der Waals surface area contributed by atoms with Gasteiger partial charge in [-0.05, 0) is 42.0 Å². The first-order valence-corrected chi connectivity index (χ1v) is 9.74. The average molecular weight is 396 g/mol. The van der Waals surface area contributed by atoms with Gasteiger partial charge in [0.1, 0.15) is 10.6 Å². The average Bonchev–Trinajstić information content (AvgIpc) is 2.69. The van der Waals surface area contributed by atoms with Crippen LogP contribution in [0.3, 0.4) is 0 Å². The van der Waals surface area contributed by atoms with Gasteiger partial charge in [0.2, 0.25) is 0 Å². The van der Waals surface area contributed by atoms with E-state index in [-0.39, 0.29) is 10.6 Å². The van der Waals surface area contributed by atoms with E-state index < -0.39 is 10.1 Å². The molecule has 0 bridgehead atoms.